The number of carbonyl (C=O) groups is 1. The monoisotopic (exact) mass is 414 g/mol. The van der Waals surface area contributed by atoms with Gasteiger partial charge in [-0.05, 0) is 117 Å². The molecule has 4 heteroatoms. The van der Waals surface area contributed by atoms with Gasteiger partial charge in [0.05, 0.1) is 6.10 Å². The van der Waals surface area contributed by atoms with Gasteiger partial charge in [-0.2, -0.15) is 0 Å². The molecule has 9 atom stereocenters. The number of aliphatic hydroxyl groups is 1. The van der Waals surface area contributed by atoms with Crippen molar-refractivity contribution in [3.05, 3.63) is 0 Å². The Kier molecular flexibility index (Phi) is 7.54. The Labute approximate surface area is 214 Å². The number of carboxylic acid groups (broad SMARTS) is 1. The van der Waals surface area contributed by atoms with Gasteiger partial charge in [-0.25, -0.2) is 0 Å². The van der Waals surface area contributed by atoms with Gasteiger partial charge in [0.2, 0.25) is 0 Å². The molecule has 0 bridgehead atoms. The zero-order chi connectivity index (χ0) is 19.4. The average molecular weight is 415 g/mol. The van der Waals surface area contributed by atoms with Crippen molar-refractivity contribution in [2.75, 3.05) is 0 Å². The van der Waals surface area contributed by atoms with Gasteiger partial charge in [0.15, 0.2) is 0 Å². The summed E-state index contributed by atoms with van der Waals surface area (Å²) in [6.07, 6.45) is 12.2. The Morgan fingerprint density at radius 3 is 2.43 bits per heavy atom. The number of aliphatic hydroxyl groups excluding tert-OH is 1. The molecule has 4 aliphatic carbocycles. The van der Waals surface area contributed by atoms with Crippen LogP contribution in [0.4, 0.5) is 0 Å². The summed E-state index contributed by atoms with van der Waals surface area (Å²) in [6.45, 7) is 7.38. The van der Waals surface area contributed by atoms with E-state index in [1.54, 1.807) is 0 Å². The van der Waals surface area contributed by atoms with Crippen LogP contribution in [0.1, 0.15) is 91.4 Å². The van der Waals surface area contributed by atoms with Crippen molar-refractivity contribution in [2.24, 2.45) is 46.3 Å². The molecule has 4 rings (SSSR count). The van der Waals surface area contributed by atoms with E-state index in [-0.39, 0.29) is 63.9 Å². The molecule has 28 heavy (non-hydrogen) atoms. The Bertz CT molecular complexity index is 580. The molecule has 3 nitrogen and oxygen atoms in total. The van der Waals surface area contributed by atoms with Gasteiger partial charge < -0.3 is 15.0 Å². The fourth-order valence-corrected chi connectivity index (χ4v) is 8.76. The fourth-order valence-electron chi connectivity index (χ4n) is 8.76. The Hall–Kier alpha value is 1.07. The zero-order valence-electron chi connectivity index (χ0n) is 18.6. The molecule has 0 heterocycles. The normalized spacial score (nSPS) is 48.6. The van der Waals surface area contributed by atoms with Crippen molar-refractivity contribution in [1.29, 1.82) is 0 Å². The predicted molar refractivity (Wildman–Crippen MR) is 105 cm³/mol. The summed E-state index contributed by atoms with van der Waals surface area (Å²) >= 11 is 0. The van der Waals surface area contributed by atoms with Crippen molar-refractivity contribution in [1.82, 2.24) is 0 Å². The van der Waals surface area contributed by atoms with Crippen molar-refractivity contribution < 1.29 is 66.4 Å². The van der Waals surface area contributed by atoms with Gasteiger partial charge >= 0.3 is 51.4 Å². The van der Waals surface area contributed by atoms with Gasteiger partial charge in [0, 0.05) is 5.97 Å². The minimum absolute atomic E-state index is 0. The maximum absolute atomic E-state index is 10.9. The molecule has 0 saturated heterocycles. The predicted octanol–water partition coefficient (Wildman–Crippen LogP) is 1.18. The van der Waals surface area contributed by atoms with E-state index in [9.17, 15) is 15.0 Å². The third kappa shape index (κ3) is 3.97. The first-order valence-corrected chi connectivity index (χ1v) is 11.6. The van der Waals surface area contributed by atoms with Crippen LogP contribution < -0.4 is 56.5 Å². The molecule has 0 aromatic rings. The summed E-state index contributed by atoms with van der Waals surface area (Å²) in [5.41, 5.74) is 0.853. The molecule has 0 aromatic heterocycles. The summed E-state index contributed by atoms with van der Waals surface area (Å²) < 4.78 is 0. The number of aliphatic carboxylic acids is 1. The second-order valence-electron chi connectivity index (χ2n) is 11.2. The summed E-state index contributed by atoms with van der Waals surface area (Å²) in [4.78, 5) is 10.9. The first kappa shape index (κ1) is 23.7. The van der Waals surface area contributed by atoms with Crippen LogP contribution in [-0.2, 0) is 4.79 Å². The molecule has 4 aliphatic rings. The van der Waals surface area contributed by atoms with Gasteiger partial charge in [-0.3, -0.25) is 0 Å². The van der Waals surface area contributed by atoms with E-state index in [1.165, 1.54) is 44.9 Å². The van der Waals surface area contributed by atoms with Crippen LogP contribution in [0.15, 0.2) is 0 Å². The van der Waals surface area contributed by atoms with Crippen LogP contribution in [0.3, 0.4) is 0 Å². The van der Waals surface area contributed by atoms with Gasteiger partial charge in [0.1, 0.15) is 0 Å². The van der Waals surface area contributed by atoms with Crippen LogP contribution in [0, 0.1) is 46.3 Å². The molecule has 0 aliphatic heterocycles. The summed E-state index contributed by atoms with van der Waals surface area (Å²) in [5, 5.41) is 21.1. The zero-order valence-corrected chi connectivity index (χ0v) is 21.7. The standard InChI is InChI=1S/C24H40O3.K/c1-15(4-9-22(26)27)19-7-8-20-18-6-5-16-14-17(25)10-12-23(16,2)21(18)11-13-24(19,20)3;/h15-21,25H,4-14H2,1-3H3,(H,26,27);/q;+1/p-1/t15-,16?,17-,18?,19-,20?,21?,23+,24-;/m1./s1. The van der Waals surface area contributed by atoms with E-state index in [1.807, 2.05) is 0 Å². The van der Waals surface area contributed by atoms with Crippen LogP contribution in [0.5, 0.6) is 0 Å². The van der Waals surface area contributed by atoms with Crippen molar-refractivity contribution >= 4 is 5.97 Å². The summed E-state index contributed by atoms with van der Waals surface area (Å²) in [7, 11) is 0. The quantitative estimate of drug-likeness (QED) is 0.703. The van der Waals surface area contributed by atoms with Crippen molar-refractivity contribution in [3.63, 3.8) is 0 Å². The van der Waals surface area contributed by atoms with Gasteiger partial charge in [0.25, 0.3) is 0 Å². The topological polar surface area (TPSA) is 60.4 Å². The van der Waals surface area contributed by atoms with Crippen LogP contribution in [0.2, 0.25) is 0 Å². The largest absolute Gasteiger partial charge is 1.00 e. The molecule has 0 amide bonds. The van der Waals surface area contributed by atoms with Crippen LogP contribution in [0.25, 0.3) is 0 Å². The molecule has 0 spiro atoms. The number of carboxylic acids is 1. The number of carbonyl (C=O) groups excluding carboxylic acids is 1. The van der Waals surface area contributed by atoms with Gasteiger partial charge in [-0.15, -0.1) is 0 Å². The number of hydrogen-bond donors (Lipinski definition) is 1. The molecule has 0 aromatic carbocycles. The van der Waals surface area contributed by atoms with Crippen molar-refractivity contribution in [2.45, 2.75) is 97.5 Å². The first-order chi connectivity index (χ1) is 12.8. The van der Waals surface area contributed by atoms with E-state index in [2.05, 4.69) is 20.8 Å². The molecule has 154 valence electrons. The number of hydrogen-bond acceptors (Lipinski definition) is 3. The second-order valence-corrected chi connectivity index (χ2v) is 11.2. The molecule has 4 fully saturated rings. The number of rotatable bonds is 4. The molecule has 4 unspecified atom stereocenters. The molecular formula is C24H39KO3. The minimum Gasteiger partial charge on any atom is -0.550 e. The van der Waals surface area contributed by atoms with E-state index in [0.29, 0.717) is 22.7 Å². The first-order valence-electron chi connectivity index (χ1n) is 11.6. The second kappa shape index (κ2) is 8.90. The van der Waals surface area contributed by atoms with E-state index >= 15 is 0 Å². The third-order valence-corrected chi connectivity index (χ3v) is 10.2. The minimum atomic E-state index is -0.893. The van der Waals surface area contributed by atoms with Crippen LogP contribution >= 0.6 is 0 Å². The Balaban J connectivity index is 0.00000225. The number of fused-ring (bicyclic) bond motifs is 5. The summed E-state index contributed by atoms with van der Waals surface area (Å²) in [6, 6.07) is 0. The van der Waals surface area contributed by atoms with Crippen LogP contribution in [-0.4, -0.2) is 17.2 Å². The SMILES string of the molecule is C[C@H](CCC(=O)[O-])[C@H]1CCC2C3CCC4C[C@H](O)CC[C@]4(C)C3CC[C@@]21C.[K+]. The average Bonchev–Trinajstić information content (AvgIpc) is 2.97. The molecule has 0 radical (unpaired) electrons. The fraction of sp³-hybridized carbons (Fsp3) is 0.958. The van der Waals surface area contributed by atoms with E-state index in [4.69, 9.17) is 0 Å². The van der Waals surface area contributed by atoms with E-state index in [0.717, 1.165) is 42.9 Å². The van der Waals surface area contributed by atoms with Gasteiger partial charge in [-0.1, -0.05) is 20.8 Å². The Morgan fingerprint density at radius 1 is 1.04 bits per heavy atom. The molecule has 4 saturated carbocycles. The smallest absolute Gasteiger partial charge is 0.550 e. The summed E-state index contributed by atoms with van der Waals surface area (Å²) in [5.74, 6) is 3.55. The maximum atomic E-state index is 10.9. The molecular weight excluding hydrogens is 375 g/mol. The molecule has 1 N–H and O–H groups in total. The van der Waals surface area contributed by atoms with Crippen molar-refractivity contribution in [3.8, 4) is 0 Å². The Morgan fingerprint density at radius 2 is 1.71 bits per heavy atom. The van der Waals surface area contributed by atoms with E-state index < -0.39 is 5.97 Å². The maximum Gasteiger partial charge on any atom is 1.00 e. The third-order valence-electron chi connectivity index (χ3n) is 10.2.